The van der Waals surface area contributed by atoms with Crippen LogP contribution in [0.4, 0.5) is 0 Å². The Morgan fingerprint density at radius 3 is 2.70 bits per heavy atom. The first kappa shape index (κ1) is 12.3. The highest BCUT2D eigenvalue weighted by atomic mass is 16.5. The van der Waals surface area contributed by atoms with E-state index in [1.54, 1.807) is 25.4 Å². The molecule has 5 heteroatoms. The first-order valence-electron chi connectivity index (χ1n) is 6.28. The summed E-state index contributed by atoms with van der Waals surface area (Å²) in [5, 5.41) is 1.79. The maximum atomic E-state index is 12.3. The molecule has 1 aromatic carbocycles. The molecule has 3 rings (SSSR count). The van der Waals surface area contributed by atoms with Gasteiger partial charge in [-0.3, -0.25) is 14.3 Å². The Bertz CT molecular complexity index is 767. The van der Waals surface area contributed by atoms with Gasteiger partial charge in [-0.15, -0.1) is 0 Å². The minimum atomic E-state index is -0.862. The first-order valence-corrected chi connectivity index (χ1v) is 6.28. The topological polar surface area (TPSA) is 61.2 Å². The predicted molar refractivity (Wildman–Crippen MR) is 74.5 cm³/mol. The number of hydrogen-bond donors (Lipinski definition) is 0. The molecule has 0 unspecified atom stereocenters. The number of carbonyl (C=O) groups excluding carboxylic acids is 2. The molecule has 0 saturated heterocycles. The molecule has 0 bridgehead atoms. The summed E-state index contributed by atoms with van der Waals surface area (Å²) in [6.07, 6.45) is 3.24. The van der Waals surface area contributed by atoms with Gasteiger partial charge in [0.05, 0.1) is 23.8 Å². The lowest BCUT2D eigenvalue weighted by Crippen LogP contribution is -2.23. The number of rotatable bonds is 1. The number of aromatic nitrogens is 2. The molecular weight excluding hydrogens is 256 g/mol. The quantitative estimate of drug-likeness (QED) is 0.502. The number of pyridine rings is 1. The van der Waals surface area contributed by atoms with Crippen LogP contribution in [0.2, 0.25) is 0 Å². The van der Waals surface area contributed by atoms with Crippen molar-refractivity contribution < 1.29 is 14.3 Å². The second-order valence-electron chi connectivity index (χ2n) is 4.27. The van der Waals surface area contributed by atoms with E-state index in [0.717, 1.165) is 10.8 Å². The molecular formula is C15H12N2O3. The second-order valence-corrected chi connectivity index (χ2v) is 4.27. The molecule has 0 amide bonds. The molecule has 0 radical (unpaired) electrons. The van der Waals surface area contributed by atoms with E-state index in [9.17, 15) is 9.59 Å². The van der Waals surface area contributed by atoms with Gasteiger partial charge in [-0.2, -0.15) is 0 Å². The standard InChI is InChI=1S/C15H12N2O3/c1-2-20-15(19)14(18)17-12-6-4-3-5-10(12)11-7-8-16-9-13(11)17/h3-9H,2H2,1H3. The summed E-state index contributed by atoms with van der Waals surface area (Å²) in [4.78, 5) is 28.0. The zero-order valence-electron chi connectivity index (χ0n) is 10.9. The molecule has 0 aliphatic carbocycles. The molecule has 0 atom stereocenters. The second kappa shape index (κ2) is 4.77. The van der Waals surface area contributed by atoms with Crippen molar-refractivity contribution in [1.82, 2.24) is 9.55 Å². The van der Waals surface area contributed by atoms with E-state index in [1.165, 1.54) is 4.57 Å². The van der Waals surface area contributed by atoms with Gasteiger partial charge in [0, 0.05) is 17.0 Å². The smallest absolute Gasteiger partial charge is 0.397 e. The summed E-state index contributed by atoms with van der Waals surface area (Å²) < 4.78 is 6.15. The number of carbonyl (C=O) groups is 2. The minimum Gasteiger partial charge on any atom is -0.459 e. The lowest BCUT2D eigenvalue weighted by molar-refractivity contribution is -0.138. The highest BCUT2D eigenvalue weighted by Gasteiger charge is 2.22. The summed E-state index contributed by atoms with van der Waals surface area (Å²) in [7, 11) is 0. The highest BCUT2D eigenvalue weighted by Crippen LogP contribution is 2.27. The van der Waals surface area contributed by atoms with E-state index < -0.39 is 11.9 Å². The Labute approximate surface area is 114 Å². The molecule has 0 aliphatic heterocycles. The summed E-state index contributed by atoms with van der Waals surface area (Å²) in [5.74, 6) is -1.56. The van der Waals surface area contributed by atoms with Gasteiger partial charge < -0.3 is 4.74 Å². The molecule has 0 saturated carbocycles. The Morgan fingerprint density at radius 2 is 1.90 bits per heavy atom. The van der Waals surface area contributed by atoms with Crippen LogP contribution in [-0.4, -0.2) is 28.0 Å². The van der Waals surface area contributed by atoms with Crippen LogP contribution < -0.4 is 0 Å². The van der Waals surface area contributed by atoms with Crippen LogP contribution in [0.25, 0.3) is 21.8 Å². The highest BCUT2D eigenvalue weighted by molar-refractivity contribution is 6.37. The zero-order chi connectivity index (χ0) is 14.1. The Hall–Kier alpha value is -2.69. The first-order chi connectivity index (χ1) is 9.74. The number of benzene rings is 1. The minimum absolute atomic E-state index is 0.167. The van der Waals surface area contributed by atoms with Gasteiger partial charge in [-0.05, 0) is 19.1 Å². The van der Waals surface area contributed by atoms with E-state index in [4.69, 9.17) is 4.74 Å². The van der Waals surface area contributed by atoms with Gasteiger partial charge in [0.1, 0.15) is 0 Å². The average Bonchev–Trinajstić information content (AvgIpc) is 2.81. The van der Waals surface area contributed by atoms with E-state index in [0.29, 0.717) is 11.0 Å². The maximum Gasteiger partial charge on any atom is 0.397 e. The lowest BCUT2D eigenvalue weighted by atomic mass is 10.2. The van der Waals surface area contributed by atoms with Crippen molar-refractivity contribution in [2.75, 3.05) is 6.61 Å². The molecule has 5 nitrogen and oxygen atoms in total. The van der Waals surface area contributed by atoms with Gasteiger partial charge in [0.15, 0.2) is 0 Å². The van der Waals surface area contributed by atoms with E-state index in [-0.39, 0.29) is 6.61 Å². The van der Waals surface area contributed by atoms with Crippen molar-refractivity contribution in [1.29, 1.82) is 0 Å². The fraction of sp³-hybridized carbons (Fsp3) is 0.133. The van der Waals surface area contributed by atoms with Crippen molar-refractivity contribution in [2.24, 2.45) is 0 Å². The normalized spacial score (nSPS) is 10.8. The summed E-state index contributed by atoms with van der Waals surface area (Å²) in [6.45, 7) is 1.83. The van der Waals surface area contributed by atoms with Crippen molar-refractivity contribution in [3.8, 4) is 0 Å². The van der Waals surface area contributed by atoms with E-state index >= 15 is 0 Å². The van der Waals surface area contributed by atoms with Crippen molar-refractivity contribution >= 4 is 33.7 Å². The van der Waals surface area contributed by atoms with Gasteiger partial charge >= 0.3 is 11.9 Å². The summed E-state index contributed by atoms with van der Waals surface area (Å²) in [5.41, 5.74) is 1.28. The van der Waals surface area contributed by atoms with Crippen LogP contribution in [0.5, 0.6) is 0 Å². The number of fused-ring (bicyclic) bond motifs is 3. The van der Waals surface area contributed by atoms with Crippen LogP contribution in [0.1, 0.15) is 11.7 Å². The molecule has 20 heavy (non-hydrogen) atoms. The summed E-state index contributed by atoms with van der Waals surface area (Å²) >= 11 is 0. The summed E-state index contributed by atoms with van der Waals surface area (Å²) in [6, 6.07) is 9.25. The van der Waals surface area contributed by atoms with Crippen LogP contribution in [-0.2, 0) is 9.53 Å². The lowest BCUT2D eigenvalue weighted by Gasteiger charge is -2.04. The van der Waals surface area contributed by atoms with Crippen LogP contribution >= 0.6 is 0 Å². The SMILES string of the molecule is CCOC(=O)C(=O)n1c2ccccc2c2ccncc21. The van der Waals surface area contributed by atoms with Gasteiger partial charge in [0.2, 0.25) is 0 Å². The zero-order valence-corrected chi connectivity index (χ0v) is 10.9. The number of para-hydroxylation sites is 1. The molecule has 100 valence electrons. The van der Waals surface area contributed by atoms with Crippen LogP contribution in [0, 0.1) is 0 Å². The fourth-order valence-electron chi connectivity index (χ4n) is 2.32. The fourth-order valence-corrected chi connectivity index (χ4v) is 2.32. The Kier molecular flexibility index (Phi) is 2.95. The predicted octanol–water partition coefficient (Wildman–Crippen LogP) is 2.39. The largest absolute Gasteiger partial charge is 0.459 e. The van der Waals surface area contributed by atoms with Crippen molar-refractivity contribution in [3.63, 3.8) is 0 Å². The number of esters is 1. The van der Waals surface area contributed by atoms with Gasteiger partial charge in [0.25, 0.3) is 0 Å². The molecule has 0 spiro atoms. The van der Waals surface area contributed by atoms with Crippen molar-refractivity contribution in [2.45, 2.75) is 6.92 Å². The number of nitrogens with zero attached hydrogens (tertiary/aromatic N) is 2. The molecule has 0 fully saturated rings. The number of hydrogen-bond acceptors (Lipinski definition) is 4. The van der Waals surface area contributed by atoms with E-state index in [1.807, 2.05) is 24.3 Å². The van der Waals surface area contributed by atoms with E-state index in [2.05, 4.69) is 4.98 Å². The van der Waals surface area contributed by atoms with Gasteiger partial charge in [-0.25, -0.2) is 4.79 Å². The third kappa shape index (κ3) is 1.75. The average molecular weight is 268 g/mol. The maximum absolute atomic E-state index is 12.3. The molecule has 3 aromatic rings. The molecule has 0 aliphatic rings. The van der Waals surface area contributed by atoms with Crippen LogP contribution in [0.15, 0.2) is 42.7 Å². The molecule has 2 heterocycles. The van der Waals surface area contributed by atoms with Crippen molar-refractivity contribution in [3.05, 3.63) is 42.7 Å². The number of ether oxygens (including phenoxy) is 1. The Morgan fingerprint density at radius 1 is 1.15 bits per heavy atom. The Balaban J connectivity index is 2.32. The van der Waals surface area contributed by atoms with Gasteiger partial charge in [-0.1, -0.05) is 18.2 Å². The van der Waals surface area contributed by atoms with Crippen LogP contribution in [0.3, 0.4) is 0 Å². The third-order valence-corrected chi connectivity index (χ3v) is 3.13. The third-order valence-electron chi connectivity index (χ3n) is 3.13. The molecule has 2 aromatic heterocycles. The monoisotopic (exact) mass is 268 g/mol. The molecule has 0 N–H and O–H groups in total.